The highest BCUT2D eigenvalue weighted by molar-refractivity contribution is 9.10. The van der Waals surface area contributed by atoms with Crippen LogP contribution in [0.4, 0.5) is 0 Å². The largest absolute Gasteiger partial charge is 0.481 e. The smallest absolute Gasteiger partial charge is 0.332 e. The summed E-state index contributed by atoms with van der Waals surface area (Å²) < 4.78 is 9.53. The number of oxazole rings is 1. The normalized spacial score (nSPS) is 17.8. The third-order valence-electron chi connectivity index (χ3n) is 3.78. The maximum atomic E-state index is 12.3. The minimum atomic E-state index is -1.07. The van der Waals surface area contributed by atoms with Gasteiger partial charge in [0.15, 0.2) is 0 Å². The third kappa shape index (κ3) is 3.19. The Kier molecular flexibility index (Phi) is 4.65. The number of carboxylic acid groups (broad SMARTS) is 1. The van der Waals surface area contributed by atoms with E-state index in [0.29, 0.717) is 5.69 Å². The molecule has 1 aliphatic carbocycles. The van der Waals surface area contributed by atoms with E-state index < -0.39 is 21.7 Å². The Morgan fingerprint density at radius 1 is 1.50 bits per heavy atom. The van der Waals surface area contributed by atoms with E-state index in [-0.39, 0.29) is 24.8 Å². The summed E-state index contributed by atoms with van der Waals surface area (Å²) in [4.78, 5) is 27.8. The van der Waals surface area contributed by atoms with Gasteiger partial charge in [-0.25, -0.2) is 9.78 Å². The Balaban J connectivity index is 2.25. The molecule has 1 fully saturated rings. The average molecular weight is 374 g/mol. The number of hydrogen-bond donors (Lipinski definition) is 1. The van der Waals surface area contributed by atoms with E-state index in [1.807, 2.05) is 0 Å². The average Bonchev–Trinajstić information content (AvgIpc) is 3.19. The molecule has 22 heavy (non-hydrogen) atoms. The lowest BCUT2D eigenvalue weighted by atomic mass is 9.88. The molecule has 7 heteroatoms. The van der Waals surface area contributed by atoms with Gasteiger partial charge < -0.3 is 14.3 Å². The second kappa shape index (κ2) is 6.02. The Bertz CT molecular complexity index is 578. The van der Waals surface area contributed by atoms with Crippen LogP contribution in [0.1, 0.15) is 45.2 Å². The van der Waals surface area contributed by atoms with Gasteiger partial charge in [0.25, 0.3) is 0 Å². The Labute approximate surface area is 137 Å². The van der Waals surface area contributed by atoms with Gasteiger partial charge in [-0.1, -0.05) is 15.9 Å². The number of carbonyl (C=O) groups excluding carboxylic acids is 1. The van der Waals surface area contributed by atoms with Crippen LogP contribution in [-0.4, -0.2) is 28.6 Å². The van der Waals surface area contributed by atoms with Crippen LogP contribution in [0.3, 0.4) is 0 Å². The molecule has 1 heterocycles. The van der Waals surface area contributed by atoms with Gasteiger partial charge in [0.2, 0.25) is 10.2 Å². The van der Waals surface area contributed by atoms with Crippen molar-refractivity contribution in [2.75, 3.05) is 6.61 Å². The fourth-order valence-electron chi connectivity index (χ4n) is 2.23. The second-order valence-corrected chi connectivity index (χ2v) is 7.47. The minimum absolute atomic E-state index is 0.0885. The number of hydrogen-bond acceptors (Lipinski definition) is 5. The summed E-state index contributed by atoms with van der Waals surface area (Å²) in [6.07, 6.45) is 3.42. The summed E-state index contributed by atoms with van der Waals surface area (Å²) in [7, 11) is 0. The molecule has 1 unspecified atom stereocenters. The number of alkyl halides is 1. The van der Waals surface area contributed by atoms with Crippen molar-refractivity contribution in [3.05, 3.63) is 17.8 Å². The SMILES string of the molecule is CCOC(=O)C(Br)(c1nc(CC(C)(C)C(=O)O)co1)C1CC1. The molecule has 1 N–H and O–H groups in total. The lowest BCUT2D eigenvalue weighted by Gasteiger charge is -2.21. The first kappa shape index (κ1) is 17.0. The van der Waals surface area contributed by atoms with Crippen molar-refractivity contribution in [2.45, 2.75) is 44.4 Å². The van der Waals surface area contributed by atoms with Crippen molar-refractivity contribution in [3.63, 3.8) is 0 Å². The maximum absolute atomic E-state index is 12.3. The number of aliphatic carboxylic acids is 1. The van der Waals surface area contributed by atoms with E-state index >= 15 is 0 Å². The molecule has 0 saturated heterocycles. The predicted molar refractivity (Wildman–Crippen MR) is 81.6 cm³/mol. The summed E-state index contributed by atoms with van der Waals surface area (Å²) in [6.45, 7) is 5.27. The van der Waals surface area contributed by atoms with E-state index in [0.717, 1.165) is 12.8 Å². The molecule has 1 aromatic rings. The minimum Gasteiger partial charge on any atom is -0.481 e. The van der Waals surface area contributed by atoms with E-state index in [1.165, 1.54) is 6.26 Å². The highest BCUT2D eigenvalue weighted by Crippen LogP contribution is 2.52. The number of ether oxygens (including phenoxy) is 1. The van der Waals surface area contributed by atoms with Crippen LogP contribution < -0.4 is 0 Å². The van der Waals surface area contributed by atoms with E-state index in [9.17, 15) is 14.7 Å². The molecule has 0 aliphatic heterocycles. The predicted octanol–water partition coefficient (Wildman–Crippen LogP) is 2.89. The van der Waals surface area contributed by atoms with Crippen LogP contribution in [0.25, 0.3) is 0 Å². The number of aromatic nitrogens is 1. The molecule has 1 atom stereocenters. The first-order chi connectivity index (χ1) is 10.2. The molecule has 1 aliphatic rings. The van der Waals surface area contributed by atoms with Crippen LogP contribution in [0, 0.1) is 11.3 Å². The zero-order chi connectivity index (χ0) is 16.5. The van der Waals surface area contributed by atoms with Gasteiger partial charge in [0, 0.05) is 6.42 Å². The van der Waals surface area contributed by atoms with E-state index in [2.05, 4.69) is 20.9 Å². The summed E-state index contributed by atoms with van der Waals surface area (Å²) in [5, 5.41) is 9.18. The van der Waals surface area contributed by atoms with Gasteiger partial charge in [-0.3, -0.25) is 4.79 Å². The van der Waals surface area contributed by atoms with Gasteiger partial charge in [0.1, 0.15) is 6.26 Å². The topological polar surface area (TPSA) is 89.6 Å². The first-order valence-electron chi connectivity index (χ1n) is 7.26. The van der Waals surface area contributed by atoms with Crippen molar-refractivity contribution in [3.8, 4) is 0 Å². The second-order valence-electron chi connectivity index (χ2n) is 6.22. The fraction of sp³-hybridized carbons (Fsp3) is 0.667. The zero-order valence-corrected chi connectivity index (χ0v) is 14.5. The van der Waals surface area contributed by atoms with Crippen molar-refractivity contribution in [1.82, 2.24) is 4.98 Å². The Morgan fingerprint density at radius 3 is 2.64 bits per heavy atom. The van der Waals surface area contributed by atoms with Crippen molar-refractivity contribution in [2.24, 2.45) is 11.3 Å². The number of nitrogens with zero attached hydrogens (tertiary/aromatic N) is 1. The molecule has 0 aromatic carbocycles. The molecule has 0 bridgehead atoms. The maximum Gasteiger partial charge on any atom is 0.332 e. The Hall–Kier alpha value is -1.37. The molecule has 122 valence electrons. The van der Waals surface area contributed by atoms with Gasteiger partial charge in [-0.15, -0.1) is 0 Å². The molecule has 0 amide bonds. The molecule has 2 rings (SSSR count). The summed E-state index contributed by atoms with van der Waals surface area (Å²) in [5.41, 5.74) is -0.441. The molecule has 0 radical (unpaired) electrons. The number of carbonyl (C=O) groups is 2. The van der Waals surface area contributed by atoms with Crippen molar-refractivity contribution < 1.29 is 23.8 Å². The fourth-order valence-corrected chi connectivity index (χ4v) is 2.98. The van der Waals surface area contributed by atoms with Crippen LogP contribution in [0.15, 0.2) is 10.7 Å². The van der Waals surface area contributed by atoms with Crippen LogP contribution >= 0.6 is 15.9 Å². The number of rotatable bonds is 7. The van der Waals surface area contributed by atoms with Gasteiger partial charge in [-0.2, -0.15) is 0 Å². The number of esters is 1. The highest BCUT2D eigenvalue weighted by atomic mass is 79.9. The van der Waals surface area contributed by atoms with Crippen LogP contribution in [0.5, 0.6) is 0 Å². The molecule has 1 aromatic heterocycles. The lowest BCUT2D eigenvalue weighted by Crippen LogP contribution is -2.34. The van der Waals surface area contributed by atoms with Gasteiger partial charge >= 0.3 is 11.9 Å². The first-order valence-corrected chi connectivity index (χ1v) is 8.05. The van der Waals surface area contributed by atoms with Crippen LogP contribution in [-0.2, 0) is 25.1 Å². The number of carboxylic acids is 1. The monoisotopic (exact) mass is 373 g/mol. The lowest BCUT2D eigenvalue weighted by molar-refractivity contribution is -0.148. The molecule has 0 spiro atoms. The number of halogens is 1. The zero-order valence-electron chi connectivity index (χ0n) is 12.9. The molecule has 6 nitrogen and oxygen atoms in total. The standard InChI is InChI=1S/C15H20BrNO5/c1-4-21-13(20)15(16,9-5-6-9)11-17-10(8-22-11)7-14(2,3)12(18)19/h8-9H,4-7H2,1-3H3,(H,18,19). The highest BCUT2D eigenvalue weighted by Gasteiger charge is 2.55. The Morgan fingerprint density at radius 2 is 2.14 bits per heavy atom. The van der Waals surface area contributed by atoms with Crippen molar-refractivity contribution >= 4 is 27.9 Å². The van der Waals surface area contributed by atoms with E-state index in [1.54, 1.807) is 20.8 Å². The summed E-state index contributed by atoms with van der Waals surface area (Å²) in [5.74, 6) is -0.992. The van der Waals surface area contributed by atoms with Crippen LogP contribution in [0.2, 0.25) is 0 Å². The van der Waals surface area contributed by atoms with E-state index in [4.69, 9.17) is 9.15 Å². The molecular formula is C15H20BrNO5. The van der Waals surface area contributed by atoms with Gasteiger partial charge in [-0.05, 0) is 39.5 Å². The quantitative estimate of drug-likeness (QED) is 0.583. The van der Waals surface area contributed by atoms with Gasteiger partial charge in [0.05, 0.1) is 17.7 Å². The molecular weight excluding hydrogens is 354 g/mol. The summed E-state index contributed by atoms with van der Waals surface area (Å²) in [6, 6.07) is 0. The third-order valence-corrected chi connectivity index (χ3v) is 5.09. The molecule has 1 saturated carbocycles. The van der Waals surface area contributed by atoms with Crippen molar-refractivity contribution in [1.29, 1.82) is 0 Å². The summed E-state index contributed by atoms with van der Waals surface area (Å²) >= 11 is 3.46.